The van der Waals surface area contributed by atoms with Crippen molar-refractivity contribution in [3.05, 3.63) is 48.6 Å². The van der Waals surface area contributed by atoms with Crippen LogP contribution in [-0.2, 0) is 16.1 Å². The molecule has 1 aromatic carbocycles. The highest BCUT2D eigenvalue weighted by atomic mass is 16.5. The zero-order valence-corrected chi connectivity index (χ0v) is 9.90. The van der Waals surface area contributed by atoms with Gasteiger partial charge in [0.2, 0.25) is 0 Å². The van der Waals surface area contributed by atoms with Gasteiger partial charge in [-0.25, -0.2) is 4.79 Å². The molecule has 0 heterocycles. The Morgan fingerprint density at radius 2 is 2.06 bits per heavy atom. The SMILES string of the molecule is C=CC(=O)OCC.CNCc1ccccc1. The van der Waals surface area contributed by atoms with E-state index in [1.807, 2.05) is 25.2 Å². The molecular formula is C13H19NO2. The fourth-order valence-corrected chi connectivity index (χ4v) is 1.00. The first-order valence-corrected chi connectivity index (χ1v) is 5.22. The number of ether oxygens (including phenoxy) is 1. The highest BCUT2D eigenvalue weighted by Gasteiger charge is 1.86. The van der Waals surface area contributed by atoms with Gasteiger partial charge in [-0.15, -0.1) is 0 Å². The Kier molecular flexibility index (Phi) is 8.93. The van der Waals surface area contributed by atoms with Crippen LogP contribution in [0.5, 0.6) is 0 Å². The Balaban J connectivity index is 0.000000293. The molecule has 0 aliphatic heterocycles. The molecular weight excluding hydrogens is 202 g/mol. The lowest BCUT2D eigenvalue weighted by Crippen LogP contribution is -2.04. The lowest BCUT2D eigenvalue weighted by atomic mass is 10.2. The summed E-state index contributed by atoms with van der Waals surface area (Å²) in [6.07, 6.45) is 1.14. The average Bonchev–Trinajstić information content (AvgIpc) is 2.32. The second-order valence-corrected chi connectivity index (χ2v) is 2.97. The van der Waals surface area contributed by atoms with Crippen molar-refractivity contribution in [3.63, 3.8) is 0 Å². The molecule has 0 saturated heterocycles. The highest BCUT2D eigenvalue weighted by Crippen LogP contribution is 1.95. The van der Waals surface area contributed by atoms with Crippen LogP contribution >= 0.6 is 0 Å². The predicted molar refractivity (Wildman–Crippen MR) is 66.0 cm³/mol. The van der Waals surface area contributed by atoms with Crippen molar-refractivity contribution in [2.24, 2.45) is 0 Å². The van der Waals surface area contributed by atoms with Crippen LogP contribution in [0.1, 0.15) is 12.5 Å². The van der Waals surface area contributed by atoms with Crippen LogP contribution in [0.15, 0.2) is 43.0 Å². The van der Waals surface area contributed by atoms with Crippen LogP contribution in [-0.4, -0.2) is 19.6 Å². The second-order valence-electron chi connectivity index (χ2n) is 2.97. The van der Waals surface area contributed by atoms with E-state index in [1.54, 1.807) is 6.92 Å². The van der Waals surface area contributed by atoms with E-state index in [9.17, 15) is 4.79 Å². The summed E-state index contributed by atoms with van der Waals surface area (Å²) in [5.74, 6) is -0.359. The number of hydrogen-bond donors (Lipinski definition) is 1. The molecule has 1 rings (SSSR count). The first-order valence-electron chi connectivity index (χ1n) is 5.22. The Labute approximate surface area is 97.1 Å². The minimum absolute atomic E-state index is 0.359. The van der Waals surface area contributed by atoms with E-state index in [0.717, 1.165) is 12.6 Å². The summed E-state index contributed by atoms with van der Waals surface area (Å²) in [5, 5.41) is 3.08. The van der Waals surface area contributed by atoms with Gasteiger partial charge in [0.05, 0.1) is 6.61 Å². The molecule has 88 valence electrons. The van der Waals surface area contributed by atoms with Gasteiger partial charge in [0, 0.05) is 12.6 Å². The fourth-order valence-electron chi connectivity index (χ4n) is 1.00. The molecule has 1 aromatic rings. The van der Waals surface area contributed by atoms with Gasteiger partial charge in [-0.2, -0.15) is 0 Å². The minimum Gasteiger partial charge on any atom is -0.463 e. The van der Waals surface area contributed by atoms with Crippen molar-refractivity contribution >= 4 is 5.97 Å². The standard InChI is InChI=1S/C8H11N.C5H8O2/c1-9-7-8-5-3-2-4-6-8;1-3-5(6)7-4-2/h2-6,9H,7H2,1H3;3H,1,4H2,2H3. The monoisotopic (exact) mass is 221 g/mol. The lowest BCUT2D eigenvalue weighted by molar-refractivity contribution is -0.137. The third-order valence-corrected chi connectivity index (χ3v) is 1.68. The third kappa shape index (κ3) is 7.76. The predicted octanol–water partition coefficient (Wildman–Crippen LogP) is 2.14. The molecule has 0 aliphatic carbocycles. The molecule has 0 amide bonds. The molecule has 0 bridgehead atoms. The molecule has 0 aromatic heterocycles. The van der Waals surface area contributed by atoms with Gasteiger partial charge in [0.25, 0.3) is 0 Å². The summed E-state index contributed by atoms with van der Waals surface area (Å²) in [6, 6.07) is 10.3. The van der Waals surface area contributed by atoms with Crippen LogP contribution < -0.4 is 5.32 Å². The molecule has 0 spiro atoms. The largest absolute Gasteiger partial charge is 0.463 e. The number of esters is 1. The van der Waals surface area contributed by atoms with Gasteiger partial charge in [-0.1, -0.05) is 36.9 Å². The van der Waals surface area contributed by atoms with Gasteiger partial charge in [-0.3, -0.25) is 0 Å². The maximum absolute atomic E-state index is 10.1. The zero-order chi connectivity index (χ0) is 12.2. The molecule has 3 heteroatoms. The lowest BCUT2D eigenvalue weighted by Gasteiger charge is -1.95. The Morgan fingerprint density at radius 3 is 2.44 bits per heavy atom. The van der Waals surface area contributed by atoms with Crippen LogP contribution in [0.2, 0.25) is 0 Å². The van der Waals surface area contributed by atoms with Crippen LogP contribution in [0, 0.1) is 0 Å². The topological polar surface area (TPSA) is 38.3 Å². The summed E-state index contributed by atoms with van der Waals surface area (Å²) in [6.45, 7) is 6.34. The highest BCUT2D eigenvalue weighted by molar-refractivity contribution is 5.81. The number of nitrogens with one attached hydrogen (secondary N) is 1. The first-order chi connectivity index (χ1) is 7.74. The molecule has 16 heavy (non-hydrogen) atoms. The van der Waals surface area contributed by atoms with E-state index >= 15 is 0 Å². The summed E-state index contributed by atoms with van der Waals surface area (Å²) >= 11 is 0. The molecule has 0 atom stereocenters. The number of benzene rings is 1. The van der Waals surface area contributed by atoms with E-state index in [4.69, 9.17) is 0 Å². The first kappa shape index (κ1) is 14.4. The summed E-state index contributed by atoms with van der Waals surface area (Å²) in [4.78, 5) is 10.1. The smallest absolute Gasteiger partial charge is 0.330 e. The molecule has 3 nitrogen and oxygen atoms in total. The Bertz CT molecular complexity index is 296. The molecule has 0 unspecified atom stereocenters. The summed E-state index contributed by atoms with van der Waals surface area (Å²) < 4.78 is 4.43. The number of carbonyl (C=O) groups excluding carboxylic acids is 1. The quantitative estimate of drug-likeness (QED) is 0.625. The van der Waals surface area contributed by atoms with E-state index in [0.29, 0.717) is 6.61 Å². The Morgan fingerprint density at radius 1 is 1.44 bits per heavy atom. The summed E-state index contributed by atoms with van der Waals surface area (Å²) in [7, 11) is 1.95. The molecule has 0 aliphatic rings. The molecule has 0 radical (unpaired) electrons. The van der Waals surface area contributed by atoms with Crippen LogP contribution in [0.3, 0.4) is 0 Å². The molecule has 0 saturated carbocycles. The van der Waals surface area contributed by atoms with Gasteiger partial charge in [0.15, 0.2) is 0 Å². The normalized spacial score (nSPS) is 8.62. The van der Waals surface area contributed by atoms with Gasteiger partial charge < -0.3 is 10.1 Å². The van der Waals surface area contributed by atoms with E-state index in [-0.39, 0.29) is 5.97 Å². The number of carbonyl (C=O) groups is 1. The van der Waals surface area contributed by atoms with Gasteiger partial charge in [0.1, 0.15) is 0 Å². The van der Waals surface area contributed by atoms with Crippen molar-refractivity contribution in [1.82, 2.24) is 5.32 Å². The second kappa shape index (κ2) is 9.93. The van der Waals surface area contributed by atoms with Crippen molar-refractivity contribution in [2.75, 3.05) is 13.7 Å². The average molecular weight is 221 g/mol. The summed E-state index contributed by atoms with van der Waals surface area (Å²) in [5.41, 5.74) is 1.33. The zero-order valence-electron chi connectivity index (χ0n) is 9.90. The fraction of sp³-hybridized carbons (Fsp3) is 0.308. The van der Waals surface area contributed by atoms with Crippen molar-refractivity contribution in [3.8, 4) is 0 Å². The van der Waals surface area contributed by atoms with Crippen LogP contribution in [0.4, 0.5) is 0 Å². The van der Waals surface area contributed by atoms with Gasteiger partial charge >= 0.3 is 5.97 Å². The third-order valence-electron chi connectivity index (χ3n) is 1.68. The van der Waals surface area contributed by atoms with Crippen LogP contribution in [0.25, 0.3) is 0 Å². The maximum Gasteiger partial charge on any atom is 0.330 e. The van der Waals surface area contributed by atoms with Crippen molar-refractivity contribution in [1.29, 1.82) is 0 Å². The van der Waals surface area contributed by atoms with Gasteiger partial charge in [-0.05, 0) is 19.5 Å². The number of hydrogen-bond acceptors (Lipinski definition) is 3. The number of rotatable bonds is 4. The Hall–Kier alpha value is -1.61. The molecule has 0 fully saturated rings. The molecule has 1 N–H and O–H groups in total. The van der Waals surface area contributed by atoms with E-state index in [2.05, 4.69) is 28.8 Å². The minimum atomic E-state index is -0.359. The van der Waals surface area contributed by atoms with E-state index < -0.39 is 0 Å². The maximum atomic E-state index is 10.1. The van der Waals surface area contributed by atoms with Crippen molar-refractivity contribution < 1.29 is 9.53 Å². The van der Waals surface area contributed by atoms with Crippen molar-refractivity contribution in [2.45, 2.75) is 13.5 Å². The van der Waals surface area contributed by atoms with E-state index in [1.165, 1.54) is 5.56 Å².